The number of aryl methyl sites for hydroxylation is 1. The van der Waals surface area contributed by atoms with Crippen molar-refractivity contribution in [2.75, 3.05) is 19.6 Å². The molecule has 1 aromatic carbocycles. The standard InChI is InChI=1S/C20H28N4O4S/c1-22-15-18(19(25)23(2)20(22)26)29(27,28)21-17(16-9-5-3-6-10-16)11-14-24-12-7-4-8-13-24/h3,5-6,9-10,15,17,21H,4,7-8,11-14H2,1-2H3. The van der Waals surface area contributed by atoms with Gasteiger partial charge in [-0.15, -0.1) is 0 Å². The molecule has 1 fully saturated rings. The predicted octanol–water partition coefficient (Wildman–Crippen LogP) is 0.980. The summed E-state index contributed by atoms with van der Waals surface area (Å²) in [5.74, 6) is 0. The lowest BCUT2D eigenvalue weighted by Gasteiger charge is -2.28. The van der Waals surface area contributed by atoms with Gasteiger partial charge >= 0.3 is 5.69 Å². The van der Waals surface area contributed by atoms with E-state index in [2.05, 4.69) is 9.62 Å². The van der Waals surface area contributed by atoms with Crippen molar-refractivity contribution >= 4 is 10.0 Å². The minimum absolute atomic E-state index is 0.430. The van der Waals surface area contributed by atoms with E-state index in [-0.39, 0.29) is 0 Å². The number of likely N-dealkylation sites (tertiary alicyclic amines) is 1. The van der Waals surface area contributed by atoms with Crippen LogP contribution in [0.3, 0.4) is 0 Å². The van der Waals surface area contributed by atoms with Crippen LogP contribution in [0.1, 0.15) is 37.3 Å². The molecule has 2 aromatic rings. The van der Waals surface area contributed by atoms with Crippen LogP contribution in [0, 0.1) is 0 Å². The van der Waals surface area contributed by atoms with Gasteiger partial charge in [-0.1, -0.05) is 36.8 Å². The van der Waals surface area contributed by atoms with Crippen molar-refractivity contribution in [1.29, 1.82) is 0 Å². The van der Waals surface area contributed by atoms with Crippen LogP contribution in [0.2, 0.25) is 0 Å². The third-order valence-corrected chi connectivity index (χ3v) is 6.84. The minimum atomic E-state index is -4.11. The molecule has 1 N–H and O–H groups in total. The first-order valence-electron chi connectivity index (χ1n) is 9.86. The summed E-state index contributed by atoms with van der Waals surface area (Å²) in [5, 5.41) is 0. The van der Waals surface area contributed by atoms with Crippen molar-refractivity contribution in [2.24, 2.45) is 14.1 Å². The summed E-state index contributed by atoms with van der Waals surface area (Å²) in [4.78, 5) is 26.2. The first-order chi connectivity index (χ1) is 13.8. The predicted molar refractivity (Wildman–Crippen MR) is 111 cm³/mol. The number of benzene rings is 1. The summed E-state index contributed by atoms with van der Waals surface area (Å²) >= 11 is 0. The lowest BCUT2D eigenvalue weighted by Crippen LogP contribution is -2.42. The second-order valence-electron chi connectivity index (χ2n) is 7.53. The molecule has 2 heterocycles. The Balaban J connectivity index is 1.88. The van der Waals surface area contributed by atoms with Gasteiger partial charge in [0.1, 0.15) is 0 Å². The molecule has 1 unspecified atom stereocenters. The van der Waals surface area contributed by atoms with E-state index in [4.69, 9.17) is 0 Å². The van der Waals surface area contributed by atoms with E-state index in [1.54, 1.807) is 0 Å². The van der Waals surface area contributed by atoms with Crippen LogP contribution in [0.4, 0.5) is 0 Å². The van der Waals surface area contributed by atoms with Crippen molar-refractivity contribution < 1.29 is 8.42 Å². The molecule has 0 amide bonds. The molecule has 1 saturated heterocycles. The van der Waals surface area contributed by atoms with E-state index >= 15 is 0 Å². The Kier molecular flexibility index (Phi) is 6.71. The number of hydrogen-bond acceptors (Lipinski definition) is 5. The third kappa shape index (κ3) is 5.04. The van der Waals surface area contributed by atoms with Crippen LogP contribution in [-0.4, -0.2) is 42.1 Å². The molecular formula is C20H28N4O4S. The maximum atomic E-state index is 13.1. The van der Waals surface area contributed by atoms with Gasteiger partial charge in [0.2, 0.25) is 10.0 Å². The Morgan fingerprint density at radius 3 is 2.34 bits per heavy atom. The second kappa shape index (κ2) is 9.06. The van der Waals surface area contributed by atoms with Crippen molar-refractivity contribution in [3.63, 3.8) is 0 Å². The average Bonchev–Trinajstić information content (AvgIpc) is 2.73. The number of aromatic nitrogens is 2. The number of nitrogens with zero attached hydrogens (tertiary/aromatic N) is 3. The van der Waals surface area contributed by atoms with Crippen LogP contribution < -0.4 is 16.0 Å². The highest BCUT2D eigenvalue weighted by atomic mass is 32.2. The van der Waals surface area contributed by atoms with E-state index in [0.717, 1.165) is 53.4 Å². The summed E-state index contributed by atoms with van der Waals surface area (Å²) in [6.45, 7) is 2.82. The molecule has 9 heteroatoms. The van der Waals surface area contributed by atoms with Gasteiger partial charge in [-0.2, -0.15) is 0 Å². The van der Waals surface area contributed by atoms with Crippen molar-refractivity contribution in [2.45, 2.75) is 36.6 Å². The molecule has 3 rings (SSSR count). The van der Waals surface area contributed by atoms with Crippen LogP contribution in [-0.2, 0) is 24.1 Å². The van der Waals surface area contributed by atoms with E-state index in [9.17, 15) is 18.0 Å². The summed E-state index contributed by atoms with van der Waals surface area (Å²) in [7, 11) is -1.42. The maximum Gasteiger partial charge on any atom is 0.330 e. The van der Waals surface area contributed by atoms with Gasteiger partial charge in [0.15, 0.2) is 4.90 Å². The average molecular weight is 421 g/mol. The zero-order chi connectivity index (χ0) is 21.0. The number of piperidine rings is 1. The molecular weight excluding hydrogens is 392 g/mol. The molecule has 0 saturated carbocycles. The van der Waals surface area contributed by atoms with Crippen LogP contribution in [0.15, 0.2) is 51.0 Å². The minimum Gasteiger partial charge on any atom is -0.303 e. The van der Waals surface area contributed by atoms with Crippen LogP contribution in [0.5, 0.6) is 0 Å². The highest BCUT2D eigenvalue weighted by molar-refractivity contribution is 7.89. The van der Waals surface area contributed by atoms with E-state index in [1.807, 2.05) is 30.3 Å². The van der Waals surface area contributed by atoms with E-state index in [1.165, 1.54) is 20.5 Å². The van der Waals surface area contributed by atoms with Crippen LogP contribution >= 0.6 is 0 Å². The number of rotatable bonds is 7. The van der Waals surface area contributed by atoms with Gasteiger partial charge in [0.05, 0.1) is 0 Å². The zero-order valence-electron chi connectivity index (χ0n) is 16.9. The fraction of sp³-hybridized carbons (Fsp3) is 0.500. The Morgan fingerprint density at radius 2 is 1.69 bits per heavy atom. The molecule has 8 nitrogen and oxygen atoms in total. The van der Waals surface area contributed by atoms with E-state index < -0.39 is 32.2 Å². The highest BCUT2D eigenvalue weighted by Gasteiger charge is 2.26. The number of nitrogens with one attached hydrogen (secondary N) is 1. The number of hydrogen-bond donors (Lipinski definition) is 1. The van der Waals surface area contributed by atoms with Gasteiger partial charge in [0, 0.05) is 26.3 Å². The van der Waals surface area contributed by atoms with Gasteiger partial charge in [0.25, 0.3) is 5.56 Å². The quantitative estimate of drug-likeness (QED) is 0.721. The fourth-order valence-corrected chi connectivity index (χ4v) is 5.10. The highest BCUT2D eigenvalue weighted by Crippen LogP contribution is 2.21. The second-order valence-corrected chi connectivity index (χ2v) is 9.21. The summed E-state index contributed by atoms with van der Waals surface area (Å²) < 4.78 is 30.7. The Labute approximate surface area is 170 Å². The third-order valence-electron chi connectivity index (χ3n) is 5.39. The Hall–Kier alpha value is -2.23. The molecule has 0 spiro atoms. The SMILES string of the molecule is Cn1cc(S(=O)(=O)NC(CCN2CCCCC2)c2ccccc2)c(=O)n(C)c1=O. The fourth-order valence-electron chi connectivity index (χ4n) is 3.68. The normalized spacial score (nSPS) is 16.6. The lowest BCUT2D eigenvalue weighted by atomic mass is 10.0. The molecule has 0 aliphatic carbocycles. The summed E-state index contributed by atoms with van der Waals surface area (Å²) in [6, 6.07) is 8.89. The van der Waals surface area contributed by atoms with Gasteiger partial charge in [-0.3, -0.25) is 9.36 Å². The lowest BCUT2D eigenvalue weighted by molar-refractivity contribution is 0.219. The summed E-state index contributed by atoms with van der Waals surface area (Å²) in [6.07, 6.45) is 5.24. The van der Waals surface area contributed by atoms with Gasteiger partial charge < -0.3 is 9.47 Å². The van der Waals surface area contributed by atoms with Gasteiger partial charge in [-0.05, 0) is 44.5 Å². The number of sulfonamides is 1. The summed E-state index contributed by atoms with van der Waals surface area (Å²) in [5.41, 5.74) is -0.558. The monoisotopic (exact) mass is 420 g/mol. The maximum absolute atomic E-state index is 13.1. The zero-order valence-corrected chi connectivity index (χ0v) is 17.7. The van der Waals surface area contributed by atoms with Crippen LogP contribution in [0.25, 0.3) is 0 Å². The van der Waals surface area contributed by atoms with Crippen molar-refractivity contribution in [3.8, 4) is 0 Å². The van der Waals surface area contributed by atoms with Gasteiger partial charge in [-0.25, -0.2) is 17.9 Å². The molecule has 1 atom stereocenters. The molecule has 29 heavy (non-hydrogen) atoms. The first kappa shape index (κ1) is 21.5. The first-order valence-corrected chi connectivity index (χ1v) is 11.3. The molecule has 1 aliphatic rings. The molecule has 0 radical (unpaired) electrons. The molecule has 0 bridgehead atoms. The Morgan fingerprint density at radius 1 is 1.03 bits per heavy atom. The van der Waals surface area contributed by atoms with E-state index in [0.29, 0.717) is 6.42 Å². The largest absolute Gasteiger partial charge is 0.330 e. The van der Waals surface area contributed by atoms with Crippen molar-refractivity contribution in [1.82, 2.24) is 18.8 Å². The topological polar surface area (TPSA) is 93.4 Å². The molecule has 158 valence electrons. The smallest absolute Gasteiger partial charge is 0.303 e. The molecule has 1 aliphatic heterocycles. The Bertz CT molecular complexity index is 1050. The van der Waals surface area contributed by atoms with Crippen molar-refractivity contribution in [3.05, 3.63) is 62.9 Å². The molecule has 1 aromatic heterocycles.